The third-order valence-electron chi connectivity index (χ3n) is 4.61. The van der Waals surface area contributed by atoms with Gasteiger partial charge in [0.2, 0.25) is 6.54 Å². The zero-order valence-corrected chi connectivity index (χ0v) is 17.9. The summed E-state index contributed by atoms with van der Waals surface area (Å²) in [6.07, 6.45) is 4.59. The van der Waals surface area contributed by atoms with E-state index < -0.39 is 12.1 Å². The van der Waals surface area contributed by atoms with E-state index in [1.807, 2.05) is 23.7 Å². The van der Waals surface area contributed by atoms with E-state index in [0.717, 1.165) is 21.7 Å². The van der Waals surface area contributed by atoms with E-state index in [0.29, 0.717) is 34.8 Å². The summed E-state index contributed by atoms with van der Waals surface area (Å²) in [7, 11) is 1.86. The Morgan fingerprint density at radius 2 is 2.26 bits per heavy atom. The number of fused-ring (bicyclic) bond motifs is 1. The first-order chi connectivity index (χ1) is 14.8. The summed E-state index contributed by atoms with van der Waals surface area (Å²) in [5.41, 5.74) is 8.97. The van der Waals surface area contributed by atoms with Gasteiger partial charge in [-0.2, -0.15) is 5.10 Å². The van der Waals surface area contributed by atoms with Crippen molar-refractivity contribution in [1.29, 1.82) is 0 Å². The molecule has 3 N–H and O–H groups in total. The Balaban J connectivity index is 2.17. The van der Waals surface area contributed by atoms with Crippen LogP contribution in [0.3, 0.4) is 0 Å². The molecule has 0 aliphatic carbocycles. The van der Waals surface area contributed by atoms with E-state index in [9.17, 15) is 9.90 Å². The predicted molar refractivity (Wildman–Crippen MR) is 120 cm³/mol. The molecular weight excluding hydrogens is 418 g/mol. The van der Waals surface area contributed by atoms with Crippen molar-refractivity contribution in [3.8, 4) is 11.4 Å². The zero-order valence-electron chi connectivity index (χ0n) is 17.2. The van der Waals surface area contributed by atoms with E-state index in [4.69, 9.17) is 28.9 Å². The number of hydrogen-bond acceptors (Lipinski definition) is 5. The Bertz CT molecular complexity index is 1180. The molecule has 31 heavy (non-hydrogen) atoms. The molecule has 9 nitrogen and oxygen atoms in total. The van der Waals surface area contributed by atoms with E-state index >= 15 is 0 Å². The van der Waals surface area contributed by atoms with Crippen LogP contribution in [0.2, 0.25) is 5.02 Å². The topological polar surface area (TPSA) is 114 Å². The fourth-order valence-corrected chi connectivity index (χ4v) is 3.36. The highest BCUT2D eigenvalue weighted by Gasteiger charge is 2.14. The van der Waals surface area contributed by atoms with Crippen molar-refractivity contribution < 1.29 is 9.90 Å². The number of aliphatic hydroxyl groups is 1. The normalized spacial score (nSPS) is 12.2. The van der Waals surface area contributed by atoms with Gasteiger partial charge in [-0.15, -0.1) is 0 Å². The lowest BCUT2D eigenvalue weighted by Gasteiger charge is -2.16. The van der Waals surface area contributed by atoms with E-state index in [-0.39, 0.29) is 6.54 Å². The number of aryl methyl sites for hydroxylation is 1. The van der Waals surface area contributed by atoms with Crippen LogP contribution in [0.1, 0.15) is 18.1 Å². The number of nitrogens with zero attached hydrogens (tertiary/aromatic N) is 6. The molecule has 1 atom stereocenters. The highest BCUT2D eigenvalue weighted by Crippen LogP contribution is 2.29. The predicted octanol–water partition coefficient (Wildman–Crippen LogP) is 2.85. The highest BCUT2D eigenvalue weighted by atomic mass is 35.5. The van der Waals surface area contributed by atoms with Crippen molar-refractivity contribution in [3.63, 3.8) is 0 Å². The number of imidazole rings is 1. The number of rotatable bonds is 7. The van der Waals surface area contributed by atoms with Gasteiger partial charge < -0.3 is 20.3 Å². The molecule has 160 valence electrons. The van der Waals surface area contributed by atoms with Crippen molar-refractivity contribution in [1.82, 2.24) is 19.5 Å². The molecule has 0 saturated carbocycles. The van der Waals surface area contributed by atoms with Crippen LogP contribution < -0.4 is 5.73 Å². The van der Waals surface area contributed by atoms with Crippen LogP contribution >= 0.6 is 11.6 Å². The molecule has 0 fully saturated rings. The average molecular weight is 440 g/mol. The molecule has 1 aromatic carbocycles. The Kier molecular flexibility index (Phi) is 6.84. The standard InChI is InChI=1S/C21H22ClN7O2/c1-13(30)11-29(21(23)31)26-9-15-7-19(20-10-25-12-28(20)3)27-18-8-17(22)14(4-5-24-2)6-16(15)18/h6-10,12-13,30H,4-5,11H2,1,3H3,(H2,23,31). The molecule has 0 aliphatic heterocycles. The fourth-order valence-electron chi connectivity index (χ4n) is 3.10. The first-order valence-corrected chi connectivity index (χ1v) is 9.90. The fraction of sp³-hybridized carbons (Fsp3) is 0.286. The Hall–Kier alpha value is -3.48. The van der Waals surface area contributed by atoms with Gasteiger partial charge in [0.15, 0.2) is 0 Å². The summed E-state index contributed by atoms with van der Waals surface area (Å²) in [6, 6.07) is 4.70. The molecule has 0 bridgehead atoms. The third-order valence-corrected chi connectivity index (χ3v) is 4.96. The van der Waals surface area contributed by atoms with Gasteiger partial charge in [-0.1, -0.05) is 11.6 Å². The Morgan fingerprint density at radius 3 is 2.87 bits per heavy atom. The minimum atomic E-state index is -0.789. The zero-order chi connectivity index (χ0) is 22.5. The number of halogens is 1. The van der Waals surface area contributed by atoms with Crippen molar-refractivity contribution >= 4 is 34.7 Å². The summed E-state index contributed by atoms with van der Waals surface area (Å²) in [5.74, 6) is 0. The van der Waals surface area contributed by atoms with Crippen molar-refractivity contribution in [2.75, 3.05) is 13.1 Å². The van der Waals surface area contributed by atoms with Gasteiger partial charge in [0.05, 0.1) is 48.3 Å². The highest BCUT2D eigenvalue weighted by molar-refractivity contribution is 6.32. The molecule has 2 amide bonds. The SMILES string of the molecule is [C-]#[N+]CCc1cc2c(C=NN(CC(C)O)C(N)=O)cc(-c3cncn3C)nc2cc1Cl. The number of aromatic nitrogens is 3. The number of carbonyl (C=O) groups is 1. The molecule has 0 saturated heterocycles. The number of nitrogens with two attached hydrogens (primary N) is 1. The first-order valence-electron chi connectivity index (χ1n) is 9.52. The second-order valence-corrected chi connectivity index (χ2v) is 7.50. The maximum absolute atomic E-state index is 11.7. The number of aliphatic hydroxyl groups excluding tert-OH is 1. The van der Waals surface area contributed by atoms with Gasteiger partial charge in [-0.05, 0) is 30.7 Å². The molecule has 3 aromatic rings. The summed E-state index contributed by atoms with van der Waals surface area (Å²) in [5, 5.41) is 16.1. The lowest BCUT2D eigenvalue weighted by molar-refractivity contribution is 0.139. The molecule has 0 aliphatic rings. The van der Waals surface area contributed by atoms with E-state index in [1.54, 1.807) is 25.5 Å². The molecule has 2 aromatic heterocycles. The third kappa shape index (κ3) is 5.17. The summed E-state index contributed by atoms with van der Waals surface area (Å²) >= 11 is 6.43. The second-order valence-electron chi connectivity index (χ2n) is 7.09. The van der Waals surface area contributed by atoms with Crippen LogP contribution in [0.4, 0.5) is 4.79 Å². The number of carbonyl (C=O) groups excluding carboxylic acids is 1. The van der Waals surface area contributed by atoms with Gasteiger partial charge in [0, 0.05) is 29.4 Å². The molecule has 0 radical (unpaired) electrons. The van der Waals surface area contributed by atoms with Gasteiger partial charge in [-0.25, -0.2) is 26.3 Å². The van der Waals surface area contributed by atoms with Crippen molar-refractivity contribution in [3.05, 3.63) is 58.3 Å². The van der Waals surface area contributed by atoms with E-state index in [1.165, 1.54) is 6.21 Å². The second kappa shape index (κ2) is 9.55. The van der Waals surface area contributed by atoms with Crippen molar-refractivity contribution in [2.45, 2.75) is 19.4 Å². The summed E-state index contributed by atoms with van der Waals surface area (Å²) in [6.45, 7) is 8.86. The molecule has 1 unspecified atom stereocenters. The maximum Gasteiger partial charge on any atom is 0.335 e. The Labute approximate surface area is 184 Å². The van der Waals surface area contributed by atoms with Gasteiger partial charge in [-0.3, -0.25) is 0 Å². The number of hydrazone groups is 1. The Morgan fingerprint density at radius 1 is 1.48 bits per heavy atom. The van der Waals surface area contributed by atoms with Crippen LogP contribution in [-0.4, -0.2) is 56.1 Å². The molecule has 2 heterocycles. The molecule has 0 spiro atoms. The summed E-state index contributed by atoms with van der Waals surface area (Å²) in [4.78, 5) is 23.9. The number of benzene rings is 1. The van der Waals surface area contributed by atoms with Gasteiger partial charge >= 0.3 is 6.03 Å². The number of amides is 2. The number of hydrogen-bond donors (Lipinski definition) is 2. The summed E-state index contributed by atoms with van der Waals surface area (Å²) < 4.78 is 1.84. The molecular formula is C21H22ClN7O2. The number of urea groups is 1. The largest absolute Gasteiger partial charge is 0.391 e. The number of primary amides is 1. The monoisotopic (exact) mass is 439 g/mol. The number of pyridine rings is 1. The average Bonchev–Trinajstić information content (AvgIpc) is 3.14. The van der Waals surface area contributed by atoms with Crippen LogP contribution in [0.25, 0.3) is 27.1 Å². The van der Waals surface area contributed by atoms with Crippen LogP contribution in [0, 0.1) is 6.57 Å². The minimum Gasteiger partial charge on any atom is -0.391 e. The maximum atomic E-state index is 11.7. The van der Waals surface area contributed by atoms with Gasteiger partial charge in [0.25, 0.3) is 0 Å². The molecule has 10 heteroatoms. The van der Waals surface area contributed by atoms with Crippen LogP contribution in [-0.2, 0) is 13.5 Å². The smallest absolute Gasteiger partial charge is 0.335 e. The lowest BCUT2D eigenvalue weighted by atomic mass is 10.0. The van der Waals surface area contributed by atoms with Crippen LogP contribution in [0.5, 0.6) is 0 Å². The van der Waals surface area contributed by atoms with Gasteiger partial charge in [0.1, 0.15) is 0 Å². The first kappa shape index (κ1) is 22.2. The van der Waals surface area contributed by atoms with Crippen molar-refractivity contribution in [2.24, 2.45) is 17.9 Å². The molecule has 3 rings (SSSR count). The lowest BCUT2D eigenvalue weighted by Crippen LogP contribution is -2.36. The van der Waals surface area contributed by atoms with Crippen LogP contribution in [0.15, 0.2) is 35.8 Å². The quantitative estimate of drug-likeness (QED) is 0.334. The minimum absolute atomic E-state index is 0.0362. The van der Waals surface area contributed by atoms with E-state index in [2.05, 4.69) is 14.9 Å².